The minimum absolute atomic E-state index is 0.125. The van der Waals surface area contributed by atoms with Crippen LogP contribution in [0.25, 0.3) is 6.08 Å². The molecule has 2 aliphatic rings. The average molecular weight is 271 g/mol. The molecular formula is C16H21N3O. The molecule has 1 aromatic carbocycles. The predicted octanol–water partition coefficient (Wildman–Crippen LogP) is 0.816. The smallest absolute Gasteiger partial charge is 0.246 e. The summed E-state index contributed by atoms with van der Waals surface area (Å²) in [6.45, 7) is 6.09. The van der Waals surface area contributed by atoms with E-state index < -0.39 is 0 Å². The highest BCUT2D eigenvalue weighted by Crippen LogP contribution is 2.16. The van der Waals surface area contributed by atoms with Crippen molar-refractivity contribution in [2.24, 2.45) is 0 Å². The third-order valence-electron chi connectivity index (χ3n) is 4.06. The molecule has 4 heteroatoms. The van der Waals surface area contributed by atoms with Gasteiger partial charge in [-0.3, -0.25) is 9.69 Å². The fraction of sp³-hybridized carbons (Fsp3) is 0.438. The Morgan fingerprint density at radius 3 is 2.55 bits per heavy atom. The second kappa shape index (κ2) is 6.20. The Morgan fingerprint density at radius 2 is 1.85 bits per heavy atom. The van der Waals surface area contributed by atoms with Crippen LogP contribution in [0.1, 0.15) is 5.56 Å². The highest BCUT2D eigenvalue weighted by atomic mass is 16.2. The van der Waals surface area contributed by atoms with Crippen molar-refractivity contribution >= 4 is 12.0 Å². The molecule has 0 saturated carbocycles. The van der Waals surface area contributed by atoms with E-state index in [1.54, 1.807) is 6.08 Å². The van der Waals surface area contributed by atoms with Crippen LogP contribution < -0.4 is 5.32 Å². The van der Waals surface area contributed by atoms with Gasteiger partial charge in [0.15, 0.2) is 0 Å². The van der Waals surface area contributed by atoms with E-state index in [0.717, 1.165) is 44.8 Å². The number of piperazine rings is 1. The Bertz CT molecular complexity index is 474. The molecule has 2 saturated heterocycles. The third-order valence-corrected chi connectivity index (χ3v) is 4.06. The van der Waals surface area contributed by atoms with Crippen molar-refractivity contribution in [2.45, 2.75) is 6.04 Å². The van der Waals surface area contributed by atoms with Gasteiger partial charge in [0.2, 0.25) is 5.91 Å². The molecule has 3 rings (SSSR count). The number of likely N-dealkylation sites (tertiary alicyclic amines) is 1. The fourth-order valence-electron chi connectivity index (χ4n) is 2.75. The van der Waals surface area contributed by atoms with Gasteiger partial charge in [-0.05, 0) is 11.6 Å². The maximum atomic E-state index is 12.0. The van der Waals surface area contributed by atoms with Crippen LogP contribution in [0.2, 0.25) is 0 Å². The third kappa shape index (κ3) is 3.08. The molecule has 0 spiro atoms. The van der Waals surface area contributed by atoms with Gasteiger partial charge >= 0.3 is 0 Å². The van der Waals surface area contributed by atoms with Crippen LogP contribution in [0, 0.1) is 0 Å². The molecule has 0 radical (unpaired) electrons. The van der Waals surface area contributed by atoms with Crippen LogP contribution in [-0.2, 0) is 4.79 Å². The molecule has 0 aliphatic carbocycles. The first-order valence-electron chi connectivity index (χ1n) is 7.30. The Balaban J connectivity index is 1.47. The molecule has 2 heterocycles. The number of carbonyl (C=O) groups is 1. The summed E-state index contributed by atoms with van der Waals surface area (Å²) < 4.78 is 0. The van der Waals surface area contributed by atoms with Gasteiger partial charge < -0.3 is 10.2 Å². The molecule has 20 heavy (non-hydrogen) atoms. The summed E-state index contributed by atoms with van der Waals surface area (Å²) in [5.74, 6) is 0.125. The molecule has 106 valence electrons. The molecule has 1 amide bonds. The monoisotopic (exact) mass is 271 g/mol. The predicted molar refractivity (Wildman–Crippen MR) is 80.3 cm³/mol. The number of amides is 1. The zero-order valence-corrected chi connectivity index (χ0v) is 11.7. The molecule has 0 bridgehead atoms. The van der Waals surface area contributed by atoms with Crippen LogP contribution in [0.15, 0.2) is 36.4 Å². The number of carbonyl (C=O) groups excluding carboxylic acids is 1. The minimum atomic E-state index is 0.125. The van der Waals surface area contributed by atoms with Crippen LogP contribution >= 0.6 is 0 Å². The van der Waals surface area contributed by atoms with Crippen LogP contribution in [-0.4, -0.2) is 61.0 Å². The van der Waals surface area contributed by atoms with Gasteiger partial charge in [0.05, 0.1) is 0 Å². The first-order chi connectivity index (χ1) is 9.83. The van der Waals surface area contributed by atoms with E-state index in [2.05, 4.69) is 10.2 Å². The van der Waals surface area contributed by atoms with Gasteiger partial charge in [-0.25, -0.2) is 0 Å². The van der Waals surface area contributed by atoms with E-state index in [4.69, 9.17) is 0 Å². The molecule has 2 fully saturated rings. The summed E-state index contributed by atoms with van der Waals surface area (Å²) in [6.07, 6.45) is 3.57. The summed E-state index contributed by atoms with van der Waals surface area (Å²) in [7, 11) is 0. The molecule has 4 nitrogen and oxygen atoms in total. The fourth-order valence-corrected chi connectivity index (χ4v) is 2.75. The highest BCUT2D eigenvalue weighted by Gasteiger charge is 2.34. The Hall–Kier alpha value is -1.65. The van der Waals surface area contributed by atoms with E-state index in [9.17, 15) is 4.79 Å². The van der Waals surface area contributed by atoms with Crippen molar-refractivity contribution in [1.82, 2.24) is 15.1 Å². The lowest BCUT2D eigenvalue weighted by Gasteiger charge is -2.46. The SMILES string of the molecule is O=C(C=Cc1ccccc1)N1CC(N2CCNCC2)C1. The van der Waals surface area contributed by atoms with Gasteiger partial charge in [-0.1, -0.05) is 30.3 Å². The molecule has 0 atom stereocenters. The maximum Gasteiger partial charge on any atom is 0.246 e. The number of hydrogen-bond acceptors (Lipinski definition) is 3. The van der Waals surface area contributed by atoms with Gasteiger partial charge in [0, 0.05) is 51.4 Å². The van der Waals surface area contributed by atoms with E-state index >= 15 is 0 Å². The van der Waals surface area contributed by atoms with Crippen LogP contribution in [0.5, 0.6) is 0 Å². The molecule has 0 unspecified atom stereocenters. The van der Waals surface area contributed by atoms with Crippen LogP contribution in [0.3, 0.4) is 0 Å². The Labute approximate surface area is 120 Å². The Kier molecular flexibility index (Phi) is 4.14. The van der Waals surface area contributed by atoms with Crippen molar-refractivity contribution in [3.8, 4) is 0 Å². The first kappa shape index (κ1) is 13.3. The topological polar surface area (TPSA) is 35.6 Å². The number of benzene rings is 1. The van der Waals surface area contributed by atoms with Crippen LogP contribution in [0.4, 0.5) is 0 Å². The zero-order chi connectivity index (χ0) is 13.8. The summed E-state index contributed by atoms with van der Waals surface area (Å²) in [5.41, 5.74) is 1.07. The highest BCUT2D eigenvalue weighted by molar-refractivity contribution is 5.92. The summed E-state index contributed by atoms with van der Waals surface area (Å²) in [6, 6.07) is 10.5. The number of nitrogens with one attached hydrogen (secondary N) is 1. The summed E-state index contributed by atoms with van der Waals surface area (Å²) in [4.78, 5) is 16.4. The van der Waals surface area contributed by atoms with Gasteiger partial charge in [-0.15, -0.1) is 0 Å². The number of hydrogen-bond donors (Lipinski definition) is 1. The van der Waals surface area contributed by atoms with E-state index in [1.165, 1.54) is 0 Å². The standard InChI is InChI=1S/C16H21N3O/c20-16(7-6-14-4-2-1-3-5-14)19-12-15(13-19)18-10-8-17-9-11-18/h1-7,15,17H,8-13H2. The van der Waals surface area contributed by atoms with E-state index in [0.29, 0.717) is 6.04 Å². The quantitative estimate of drug-likeness (QED) is 0.827. The minimum Gasteiger partial charge on any atom is -0.336 e. The second-order valence-corrected chi connectivity index (χ2v) is 5.43. The second-order valence-electron chi connectivity index (χ2n) is 5.43. The van der Waals surface area contributed by atoms with E-state index in [-0.39, 0.29) is 5.91 Å². The maximum absolute atomic E-state index is 12.0. The number of nitrogens with zero attached hydrogens (tertiary/aromatic N) is 2. The van der Waals surface area contributed by atoms with Crippen molar-refractivity contribution in [3.05, 3.63) is 42.0 Å². The normalized spacial score (nSPS) is 21.1. The van der Waals surface area contributed by atoms with E-state index in [1.807, 2.05) is 41.3 Å². The van der Waals surface area contributed by atoms with Crippen molar-refractivity contribution in [2.75, 3.05) is 39.3 Å². The number of rotatable bonds is 3. The molecule has 1 aromatic rings. The van der Waals surface area contributed by atoms with Gasteiger partial charge in [0.1, 0.15) is 0 Å². The molecular weight excluding hydrogens is 250 g/mol. The lowest BCUT2D eigenvalue weighted by Crippen LogP contribution is -2.63. The largest absolute Gasteiger partial charge is 0.336 e. The van der Waals surface area contributed by atoms with Gasteiger partial charge in [-0.2, -0.15) is 0 Å². The summed E-state index contributed by atoms with van der Waals surface area (Å²) in [5, 5.41) is 3.36. The lowest BCUT2D eigenvalue weighted by molar-refractivity contribution is -0.133. The van der Waals surface area contributed by atoms with Crippen molar-refractivity contribution in [3.63, 3.8) is 0 Å². The molecule has 1 N–H and O–H groups in total. The van der Waals surface area contributed by atoms with Crippen molar-refractivity contribution < 1.29 is 4.79 Å². The first-order valence-corrected chi connectivity index (χ1v) is 7.30. The average Bonchev–Trinajstić information content (AvgIpc) is 2.46. The zero-order valence-electron chi connectivity index (χ0n) is 11.7. The lowest BCUT2D eigenvalue weighted by atomic mass is 10.1. The molecule has 2 aliphatic heterocycles. The molecule has 0 aromatic heterocycles. The Morgan fingerprint density at radius 1 is 1.15 bits per heavy atom. The van der Waals surface area contributed by atoms with Crippen molar-refractivity contribution in [1.29, 1.82) is 0 Å². The summed E-state index contributed by atoms with van der Waals surface area (Å²) >= 11 is 0. The van der Waals surface area contributed by atoms with Gasteiger partial charge in [0.25, 0.3) is 0 Å².